The van der Waals surface area contributed by atoms with Crippen LogP contribution in [0.1, 0.15) is 16.8 Å². The molecule has 0 unspecified atom stereocenters. The van der Waals surface area contributed by atoms with Gasteiger partial charge < -0.3 is 11.2 Å². The number of nitrogens with zero attached hydrogens (tertiary/aromatic N) is 5. The van der Waals surface area contributed by atoms with Gasteiger partial charge in [0.05, 0.1) is 16.9 Å². The average molecular weight is 529 g/mol. The van der Waals surface area contributed by atoms with Crippen molar-refractivity contribution < 1.29 is 31.5 Å². The smallest absolute Gasteiger partial charge is 0.335 e. The first-order valence-corrected chi connectivity index (χ1v) is 10.3. The molecule has 2 heterocycles. The van der Waals surface area contributed by atoms with E-state index in [4.69, 9.17) is 23.0 Å². The Labute approximate surface area is 203 Å². The van der Waals surface area contributed by atoms with Gasteiger partial charge in [0.1, 0.15) is 22.7 Å². The van der Waals surface area contributed by atoms with Crippen LogP contribution in [-0.2, 0) is 17.4 Å². The van der Waals surface area contributed by atoms with Gasteiger partial charge in [-0.1, -0.05) is 17.7 Å². The van der Waals surface area contributed by atoms with Crippen molar-refractivity contribution in [3.8, 4) is 0 Å². The lowest BCUT2D eigenvalue weighted by Gasteiger charge is -2.28. The molecule has 1 aliphatic carbocycles. The molecule has 4 rings (SSSR count). The summed E-state index contributed by atoms with van der Waals surface area (Å²) in [4.78, 5) is 31.3. The van der Waals surface area contributed by atoms with E-state index in [-0.39, 0.29) is 17.7 Å². The van der Waals surface area contributed by atoms with Crippen LogP contribution in [0.4, 0.5) is 38.3 Å². The molecule has 1 aliphatic heterocycles. The summed E-state index contributed by atoms with van der Waals surface area (Å²) < 4.78 is 69.7. The van der Waals surface area contributed by atoms with Gasteiger partial charge in [-0.25, -0.2) is 29.0 Å². The van der Waals surface area contributed by atoms with Crippen molar-refractivity contribution in [1.82, 2.24) is 10.3 Å². The van der Waals surface area contributed by atoms with Crippen LogP contribution in [-0.4, -0.2) is 35.5 Å². The number of nitrogens with two attached hydrogens (primary N) is 1. The second kappa shape index (κ2) is 9.14. The van der Waals surface area contributed by atoms with Gasteiger partial charge in [-0.05, 0) is 36.3 Å². The van der Waals surface area contributed by atoms with Gasteiger partial charge in [-0.3, -0.25) is 9.69 Å². The average Bonchev–Trinajstić information content (AvgIpc) is 3.46. The molecule has 0 radical (unpaired) electrons. The van der Waals surface area contributed by atoms with E-state index >= 15 is 0 Å². The van der Waals surface area contributed by atoms with E-state index in [1.165, 1.54) is 12.2 Å². The fraction of sp³-hybridized carbons (Fsp3) is 0.200. The van der Waals surface area contributed by atoms with Crippen molar-refractivity contribution in [2.45, 2.75) is 18.6 Å². The summed E-state index contributed by atoms with van der Waals surface area (Å²) >= 11 is 5.61. The molecule has 1 fully saturated rings. The van der Waals surface area contributed by atoms with Crippen LogP contribution in [0.3, 0.4) is 0 Å². The van der Waals surface area contributed by atoms with Gasteiger partial charge in [0.2, 0.25) is 0 Å². The van der Waals surface area contributed by atoms with E-state index < -0.39 is 70.4 Å². The van der Waals surface area contributed by atoms with Crippen molar-refractivity contribution in [3.63, 3.8) is 0 Å². The van der Waals surface area contributed by atoms with E-state index in [9.17, 15) is 31.5 Å². The topological polar surface area (TPSA) is 140 Å². The van der Waals surface area contributed by atoms with E-state index in [0.717, 1.165) is 12.1 Å². The molecular weight excluding hydrogens is 515 g/mol. The SMILES string of the molecule is N=NC(=NN)N(C(=O)[C@@H]1CNC(=O)N1c1cc(C(F)(F)F)c2c(n1)C=CC2)c1ccc(F)c(Cl)c1F. The number of hydrogen-bond acceptors (Lipinski definition) is 6. The number of nitrogens with one attached hydrogen (secondary N) is 2. The van der Waals surface area contributed by atoms with Crippen LogP contribution in [0, 0.1) is 17.2 Å². The number of alkyl halides is 3. The van der Waals surface area contributed by atoms with E-state index in [2.05, 4.69) is 20.5 Å². The molecule has 2 aliphatic rings. The number of pyridine rings is 1. The second-order valence-corrected chi connectivity index (χ2v) is 7.85. The van der Waals surface area contributed by atoms with Gasteiger partial charge in [0.25, 0.3) is 11.9 Å². The summed E-state index contributed by atoms with van der Waals surface area (Å²) in [5.41, 5.74) is 5.36. The van der Waals surface area contributed by atoms with E-state index in [1.807, 2.05) is 0 Å². The Morgan fingerprint density at radius 3 is 2.69 bits per heavy atom. The molecule has 1 saturated heterocycles. The maximum atomic E-state index is 14.8. The third-order valence-corrected chi connectivity index (χ3v) is 5.79. The zero-order chi connectivity index (χ0) is 26.4. The normalized spacial score (nSPS) is 17.3. The number of aromatic nitrogens is 1. The molecule has 0 spiro atoms. The zero-order valence-corrected chi connectivity index (χ0v) is 18.5. The molecule has 0 saturated carbocycles. The lowest BCUT2D eigenvalue weighted by molar-refractivity contribution is -0.138. The van der Waals surface area contributed by atoms with Crippen molar-refractivity contribution in [2.75, 3.05) is 16.3 Å². The Morgan fingerprint density at radius 2 is 2.06 bits per heavy atom. The number of hydrogen-bond donors (Lipinski definition) is 3. The number of carbonyl (C=O) groups excluding carboxylic acids is 2. The number of guanidine groups is 1. The van der Waals surface area contributed by atoms with Gasteiger partial charge in [0.15, 0.2) is 5.82 Å². The minimum atomic E-state index is -4.78. The summed E-state index contributed by atoms with van der Waals surface area (Å²) in [6.45, 7) is -0.448. The maximum Gasteiger partial charge on any atom is 0.416 e. The van der Waals surface area contributed by atoms with Crippen LogP contribution in [0.15, 0.2) is 34.5 Å². The van der Waals surface area contributed by atoms with Gasteiger partial charge in [-0.2, -0.15) is 13.2 Å². The highest BCUT2D eigenvalue weighted by Gasteiger charge is 2.44. The molecule has 36 heavy (non-hydrogen) atoms. The molecule has 1 aromatic carbocycles. The summed E-state index contributed by atoms with van der Waals surface area (Å²) in [5, 5.41) is 7.42. The summed E-state index contributed by atoms with van der Waals surface area (Å²) in [6.07, 6.45) is -2.00. The fourth-order valence-corrected chi connectivity index (χ4v) is 4.02. The Balaban J connectivity index is 1.83. The Kier molecular flexibility index (Phi) is 6.34. The number of anilines is 2. The first-order valence-electron chi connectivity index (χ1n) is 9.97. The second-order valence-electron chi connectivity index (χ2n) is 7.48. The third-order valence-electron chi connectivity index (χ3n) is 5.45. The van der Waals surface area contributed by atoms with Gasteiger partial charge in [-0.15, -0.1) is 10.2 Å². The molecule has 1 aromatic heterocycles. The van der Waals surface area contributed by atoms with Crippen LogP contribution < -0.4 is 21.0 Å². The highest BCUT2D eigenvalue weighted by Crippen LogP contribution is 2.39. The third kappa shape index (κ3) is 4.10. The lowest BCUT2D eigenvalue weighted by Crippen LogP contribution is -2.51. The van der Waals surface area contributed by atoms with E-state index in [0.29, 0.717) is 15.9 Å². The largest absolute Gasteiger partial charge is 0.416 e. The standard InChI is InChI=1S/C20H14ClF5N8O2/c21-15-10(22)4-5-12(16(15)23)34(18(31-27)32-28)17(35)13-7-29-19(36)33(13)14-6-9(20(24,25)26)8-2-1-3-11(8)30-14/h1,3-6,13,27H,2,7,28H2,(H,29,36)/t13-/m0/s1. The summed E-state index contributed by atoms with van der Waals surface area (Å²) in [5.74, 6) is 0.0245. The zero-order valence-electron chi connectivity index (χ0n) is 17.8. The van der Waals surface area contributed by atoms with Gasteiger partial charge >= 0.3 is 12.2 Å². The van der Waals surface area contributed by atoms with Crippen molar-refractivity contribution in [2.24, 2.45) is 16.1 Å². The van der Waals surface area contributed by atoms with Gasteiger partial charge in [0, 0.05) is 6.54 Å². The minimum Gasteiger partial charge on any atom is -0.335 e. The number of amides is 3. The molecule has 188 valence electrons. The lowest BCUT2D eigenvalue weighted by atomic mass is 10.1. The number of hydrazone groups is 1. The monoisotopic (exact) mass is 528 g/mol. The predicted octanol–water partition coefficient (Wildman–Crippen LogP) is 3.79. The van der Waals surface area contributed by atoms with Crippen molar-refractivity contribution >= 4 is 47.1 Å². The number of benzene rings is 1. The minimum absolute atomic E-state index is 0.0221. The van der Waals surface area contributed by atoms with Crippen LogP contribution in [0.2, 0.25) is 5.02 Å². The number of urea groups is 1. The van der Waals surface area contributed by atoms with Crippen LogP contribution >= 0.6 is 11.6 Å². The van der Waals surface area contributed by atoms with Crippen LogP contribution in [0.5, 0.6) is 0 Å². The molecule has 3 amide bonds. The molecule has 0 bridgehead atoms. The molecule has 4 N–H and O–H groups in total. The Morgan fingerprint density at radius 1 is 1.33 bits per heavy atom. The number of carbonyl (C=O) groups is 2. The van der Waals surface area contributed by atoms with Crippen molar-refractivity contribution in [1.29, 1.82) is 5.53 Å². The van der Waals surface area contributed by atoms with E-state index in [1.54, 1.807) is 0 Å². The number of rotatable bonds is 3. The maximum absolute atomic E-state index is 14.8. The van der Waals surface area contributed by atoms with Crippen LogP contribution in [0.25, 0.3) is 6.08 Å². The Bertz CT molecular complexity index is 1350. The molecule has 1 atom stereocenters. The quantitative estimate of drug-likeness (QED) is 0.106. The fourth-order valence-electron chi connectivity index (χ4n) is 3.86. The number of allylic oxidation sites excluding steroid dienone is 1. The Hall–Kier alpha value is -4.14. The van der Waals surface area contributed by atoms with Crippen molar-refractivity contribution in [3.05, 3.63) is 57.8 Å². The molecular formula is C20H14ClF5N8O2. The number of halogens is 6. The molecule has 10 nitrogen and oxygen atoms in total. The summed E-state index contributed by atoms with van der Waals surface area (Å²) in [7, 11) is 0. The first kappa shape index (κ1) is 25.0. The summed E-state index contributed by atoms with van der Waals surface area (Å²) in [6, 6.07) is -0.444. The highest BCUT2D eigenvalue weighted by molar-refractivity contribution is 6.31. The number of fused-ring (bicyclic) bond motifs is 1. The highest BCUT2D eigenvalue weighted by atomic mass is 35.5. The molecule has 16 heteroatoms. The first-order chi connectivity index (χ1) is 17.0. The predicted molar refractivity (Wildman–Crippen MR) is 117 cm³/mol. The molecule has 2 aromatic rings.